The highest BCUT2D eigenvalue weighted by atomic mass is 32.1. The molecule has 1 aromatic carbocycles. The number of aromatic nitrogens is 2. The van der Waals surface area contributed by atoms with Gasteiger partial charge in [-0.15, -0.1) is 0 Å². The molecule has 1 aromatic heterocycles. The van der Waals surface area contributed by atoms with Gasteiger partial charge >= 0.3 is 12.1 Å². The van der Waals surface area contributed by atoms with Crippen molar-refractivity contribution in [3.8, 4) is 0 Å². The Morgan fingerprint density at radius 2 is 2.04 bits per heavy atom. The number of hydrogen-bond acceptors (Lipinski definition) is 7. The minimum atomic E-state index is -5.04. The van der Waals surface area contributed by atoms with Crippen LogP contribution in [0.25, 0.3) is 11.0 Å². The zero-order valence-corrected chi connectivity index (χ0v) is 13.5. The van der Waals surface area contributed by atoms with Crippen molar-refractivity contribution >= 4 is 40.3 Å². The van der Waals surface area contributed by atoms with Crippen molar-refractivity contribution in [2.75, 3.05) is 13.1 Å². The summed E-state index contributed by atoms with van der Waals surface area (Å²) in [6.45, 7) is -1.50. The van der Waals surface area contributed by atoms with Gasteiger partial charge in [-0.3, -0.25) is 19.7 Å². The third kappa shape index (κ3) is 2.64. The topological polar surface area (TPSA) is 127 Å². The number of benzene rings is 1. The summed E-state index contributed by atoms with van der Waals surface area (Å²) in [6, 6.07) is 2.09. The molecule has 0 radical (unpaired) electrons. The minimum absolute atomic E-state index is 0.0341. The Kier molecular flexibility index (Phi) is 4.05. The number of rotatable bonds is 3. The molecule has 1 fully saturated rings. The number of fused-ring (bicyclic) bond motifs is 1. The van der Waals surface area contributed by atoms with E-state index in [9.17, 15) is 32.9 Å². The lowest BCUT2D eigenvalue weighted by molar-refractivity contribution is -0.383. The molecule has 0 saturated carbocycles. The summed E-state index contributed by atoms with van der Waals surface area (Å²) in [4.78, 5) is 34.8. The van der Waals surface area contributed by atoms with Crippen LogP contribution in [0.4, 0.5) is 18.9 Å². The molecule has 0 spiro atoms. The van der Waals surface area contributed by atoms with Gasteiger partial charge in [0.1, 0.15) is 5.52 Å². The maximum absolute atomic E-state index is 13.2. The number of halogens is 3. The van der Waals surface area contributed by atoms with E-state index < -0.39 is 53.6 Å². The summed E-state index contributed by atoms with van der Waals surface area (Å²) in [5.41, 5.74) is -3.78. The molecule has 1 atom stereocenters. The molecule has 1 aliphatic rings. The Morgan fingerprint density at radius 1 is 1.35 bits per heavy atom. The van der Waals surface area contributed by atoms with Crippen LogP contribution in [0.1, 0.15) is 16.8 Å². The highest BCUT2D eigenvalue weighted by Crippen LogP contribution is 2.46. The predicted molar refractivity (Wildman–Crippen MR) is 80.7 cm³/mol. The summed E-state index contributed by atoms with van der Waals surface area (Å²) in [5, 5.41) is 20.2. The van der Waals surface area contributed by atoms with E-state index in [0.717, 1.165) is 11.0 Å². The standard InChI is InChI=1S/C13H9F3N4O5S/c14-13(15,16)12(11(22)23)1-2-19(5-12)10(21)6-3-7-9(18-26-17-7)8(4-6)20(24)25/h3-4H,1-2,5H2,(H,22,23). The average molecular weight is 390 g/mol. The van der Waals surface area contributed by atoms with E-state index in [1.54, 1.807) is 0 Å². The predicted octanol–water partition coefficient (Wildman–Crippen LogP) is 2.08. The SMILES string of the molecule is O=C(c1cc([N+](=O)[O-])c2nsnc2c1)N1CCC(C(=O)O)(C(F)(F)F)C1. The zero-order valence-electron chi connectivity index (χ0n) is 12.7. The normalized spacial score (nSPS) is 20.5. The summed E-state index contributed by atoms with van der Waals surface area (Å²) >= 11 is 0.688. The Labute approximate surface area is 146 Å². The molecule has 1 saturated heterocycles. The third-order valence-electron chi connectivity index (χ3n) is 4.29. The highest BCUT2D eigenvalue weighted by Gasteiger charge is 2.64. The average Bonchev–Trinajstić information content (AvgIpc) is 3.19. The van der Waals surface area contributed by atoms with Crippen molar-refractivity contribution in [2.24, 2.45) is 5.41 Å². The number of hydrogen-bond donors (Lipinski definition) is 1. The molecule has 3 rings (SSSR count). The molecule has 1 amide bonds. The number of carboxylic acids is 1. The van der Waals surface area contributed by atoms with Crippen LogP contribution < -0.4 is 0 Å². The molecule has 26 heavy (non-hydrogen) atoms. The quantitative estimate of drug-likeness (QED) is 0.628. The van der Waals surface area contributed by atoms with E-state index >= 15 is 0 Å². The molecule has 1 unspecified atom stereocenters. The van der Waals surface area contributed by atoms with Gasteiger partial charge in [-0.2, -0.15) is 21.9 Å². The molecule has 138 valence electrons. The van der Waals surface area contributed by atoms with Crippen molar-refractivity contribution in [3.05, 3.63) is 27.8 Å². The van der Waals surface area contributed by atoms with E-state index in [1.165, 1.54) is 6.07 Å². The van der Waals surface area contributed by atoms with Crippen LogP contribution in [0.5, 0.6) is 0 Å². The lowest BCUT2D eigenvalue weighted by atomic mass is 9.86. The van der Waals surface area contributed by atoms with E-state index in [0.29, 0.717) is 11.7 Å². The monoisotopic (exact) mass is 390 g/mol. The van der Waals surface area contributed by atoms with Crippen LogP contribution in [0.15, 0.2) is 12.1 Å². The lowest BCUT2D eigenvalue weighted by Crippen LogP contribution is -2.47. The molecule has 2 heterocycles. The number of alkyl halides is 3. The first-order valence-electron chi connectivity index (χ1n) is 7.07. The first kappa shape index (κ1) is 18.0. The van der Waals surface area contributed by atoms with Crippen LogP contribution in [0, 0.1) is 15.5 Å². The van der Waals surface area contributed by atoms with Crippen LogP contribution in [-0.2, 0) is 4.79 Å². The second-order valence-electron chi connectivity index (χ2n) is 5.75. The fraction of sp³-hybridized carbons (Fsp3) is 0.385. The van der Waals surface area contributed by atoms with Crippen molar-refractivity contribution in [1.82, 2.24) is 13.6 Å². The van der Waals surface area contributed by atoms with Crippen LogP contribution in [-0.4, -0.2) is 54.8 Å². The largest absolute Gasteiger partial charge is 0.481 e. The first-order chi connectivity index (χ1) is 12.1. The number of nitro groups is 1. The molecule has 2 aromatic rings. The number of aliphatic carboxylic acids is 1. The highest BCUT2D eigenvalue weighted by molar-refractivity contribution is 7.00. The second-order valence-corrected chi connectivity index (χ2v) is 6.27. The van der Waals surface area contributed by atoms with Gasteiger partial charge in [0.25, 0.3) is 11.6 Å². The molecule has 1 N–H and O–H groups in total. The van der Waals surface area contributed by atoms with Gasteiger partial charge in [-0.05, 0) is 12.5 Å². The van der Waals surface area contributed by atoms with Crippen LogP contribution in [0.3, 0.4) is 0 Å². The number of carbonyl (C=O) groups excluding carboxylic acids is 1. The Hall–Kier alpha value is -2.83. The van der Waals surface area contributed by atoms with Gasteiger partial charge in [0.15, 0.2) is 10.9 Å². The van der Waals surface area contributed by atoms with Gasteiger partial charge in [-0.25, -0.2) is 0 Å². The fourth-order valence-corrected chi connectivity index (χ4v) is 3.36. The van der Waals surface area contributed by atoms with Crippen molar-refractivity contribution in [3.63, 3.8) is 0 Å². The molecule has 1 aliphatic heterocycles. The smallest absolute Gasteiger partial charge is 0.406 e. The number of carboxylic acid groups (broad SMARTS) is 1. The number of nitro benzene ring substituents is 1. The van der Waals surface area contributed by atoms with Gasteiger partial charge in [0.05, 0.1) is 16.7 Å². The Bertz CT molecular complexity index is 930. The molecular weight excluding hydrogens is 381 g/mol. The van der Waals surface area contributed by atoms with E-state index in [2.05, 4.69) is 8.75 Å². The maximum atomic E-state index is 13.2. The Morgan fingerprint density at radius 3 is 2.58 bits per heavy atom. The second kappa shape index (κ2) is 5.86. The summed E-state index contributed by atoms with van der Waals surface area (Å²) in [7, 11) is 0. The van der Waals surface area contributed by atoms with E-state index in [-0.39, 0.29) is 16.6 Å². The molecule has 13 heteroatoms. The van der Waals surface area contributed by atoms with E-state index in [4.69, 9.17) is 5.11 Å². The lowest BCUT2D eigenvalue weighted by Gasteiger charge is -2.27. The first-order valence-corrected chi connectivity index (χ1v) is 7.80. The van der Waals surface area contributed by atoms with Gasteiger partial charge in [-0.1, -0.05) is 0 Å². The summed E-state index contributed by atoms with van der Waals surface area (Å²) in [6.07, 6.45) is -5.83. The molecule has 0 bridgehead atoms. The summed E-state index contributed by atoms with van der Waals surface area (Å²) in [5.74, 6) is -3.00. The number of carbonyl (C=O) groups is 2. The number of likely N-dealkylation sites (tertiary alicyclic amines) is 1. The third-order valence-corrected chi connectivity index (χ3v) is 4.84. The van der Waals surface area contributed by atoms with Gasteiger partial charge in [0.2, 0.25) is 0 Å². The molecular formula is C13H9F3N4O5S. The van der Waals surface area contributed by atoms with Gasteiger partial charge < -0.3 is 10.0 Å². The summed E-state index contributed by atoms with van der Waals surface area (Å²) < 4.78 is 47.2. The van der Waals surface area contributed by atoms with Crippen molar-refractivity contribution in [2.45, 2.75) is 12.6 Å². The number of non-ortho nitro benzene ring substituents is 1. The minimum Gasteiger partial charge on any atom is -0.481 e. The zero-order chi connectivity index (χ0) is 19.3. The van der Waals surface area contributed by atoms with Crippen molar-refractivity contribution in [1.29, 1.82) is 0 Å². The van der Waals surface area contributed by atoms with Crippen LogP contribution >= 0.6 is 11.7 Å². The number of nitrogens with zero attached hydrogens (tertiary/aromatic N) is 4. The Balaban J connectivity index is 1.97. The number of amides is 1. The maximum Gasteiger partial charge on any atom is 0.406 e. The van der Waals surface area contributed by atoms with Gasteiger partial charge in [0, 0.05) is 24.7 Å². The molecule has 9 nitrogen and oxygen atoms in total. The van der Waals surface area contributed by atoms with E-state index in [1.807, 2.05) is 0 Å². The molecule has 0 aliphatic carbocycles. The van der Waals surface area contributed by atoms with Crippen LogP contribution in [0.2, 0.25) is 0 Å². The fourth-order valence-electron chi connectivity index (χ4n) is 2.83. The van der Waals surface area contributed by atoms with Crippen molar-refractivity contribution < 1.29 is 32.8 Å².